The Balaban J connectivity index is 0.707. The van der Waals surface area contributed by atoms with Crippen molar-refractivity contribution >= 4 is 46.1 Å². The molecule has 0 aliphatic carbocycles. The van der Waals surface area contributed by atoms with Gasteiger partial charge in [-0.1, -0.05) is 44.2 Å². The fourth-order valence-electron chi connectivity index (χ4n) is 10.4. The second kappa shape index (κ2) is 23.3. The van der Waals surface area contributed by atoms with Crippen molar-refractivity contribution in [1.29, 1.82) is 0 Å². The lowest BCUT2D eigenvalue weighted by Gasteiger charge is -2.37. The summed E-state index contributed by atoms with van der Waals surface area (Å²) in [6.45, 7) is 15.5. The minimum atomic E-state index is -0.536. The van der Waals surface area contributed by atoms with Crippen LogP contribution in [-0.4, -0.2) is 163 Å². The zero-order valence-electron chi connectivity index (χ0n) is 44.4. The Bertz CT molecular complexity index is 3400. The summed E-state index contributed by atoms with van der Waals surface area (Å²) >= 11 is 0. The van der Waals surface area contributed by atoms with Crippen LogP contribution in [0.4, 0.5) is 17.5 Å². The molecule has 22 nitrogen and oxygen atoms in total. The summed E-state index contributed by atoms with van der Waals surface area (Å²) < 4.78 is 15.7. The minimum absolute atomic E-state index is 0.0185. The third-order valence-electron chi connectivity index (χ3n) is 14.5. The van der Waals surface area contributed by atoms with Crippen molar-refractivity contribution in [2.24, 2.45) is 4.99 Å². The monoisotopic (exact) mass is 1060 g/mol. The molecule has 3 aliphatic rings. The lowest BCUT2D eigenvalue weighted by atomic mass is 9.98. The van der Waals surface area contributed by atoms with Crippen LogP contribution in [0.25, 0.3) is 28.0 Å². The van der Waals surface area contributed by atoms with Crippen LogP contribution in [0, 0.1) is 0 Å². The van der Waals surface area contributed by atoms with Gasteiger partial charge in [-0.2, -0.15) is 4.99 Å². The van der Waals surface area contributed by atoms with E-state index in [0.717, 1.165) is 80.3 Å². The van der Waals surface area contributed by atoms with Gasteiger partial charge in [0.1, 0.15) is 22.8 Å². The minimum Gasteiger partial charge on any atom is -0.508 e. The number of methoxy groups -OCH3 is 1. The number of carbonyl (C=O) groups excluding carboxylic acids is 3. The molecule has 3 amide bonds. The van der Waals surface area contributed by atoms with Gasteiger partial charge in [-0.25, -0.2) is 15.0 Å². The molecule has 3 aliphatic heterocycles. The molecule has 4 aromatic carbocycles. The molecule has 7 aromatic rings. The third kappa shape index (κ3) is 11.3. The van der Waals surface area contributed by atoms with Gasteiger partial charge in [0.2, 0.25) is 23.3 Å². The van der Waals surface area contributed by atoms with Gasteiger partial charge in [0.25, 0.3) is 11.8 Å². The van der Waals surface area contributed by atoms with Crippen LogP contribution < -0.4 is 36.4 Å². The molecule has 0 unspecified atom stereocenters. The van der Waals surface area contributed by atoms with Gasteiger partial charge in [0.15, 0.2) is 17.3 Å². The lowest BCUT2D eigenvalue weighted by molar-refractivity contribution is -0.132. The van der Waals surface area contributed by atoms with E-state index < -0.39 is 11.8 Å². The summed E-state index contributed by atoms with van der Waals surface area (Å²) in [7, 11) is 1.58. The number of hydrogen-bond acceptors (Lipinski definition) is 17. The van der Waals surface area contributed by atoms with Crippen molar-refractivity contribution in [3.8, 4) is 40.1 Å². The maximum absolute atomic E-state index is 13.9. The van der Waals surface area contributed by atoms with E-state index in [4.69, 9.17) is 20.2 Å². The molecule has 2 saturated heterocycles. The van der Waals surface area contributed by atoms with Gasteiger partial charge in [0, 0.05) is 120 Å². The molecule has 78 heavy (non-hydrogen) atoms. The third-order valence-corrected chi connectivity index (χ3v) is 14.5. The van der Waals surface area contributed by atoms with Crippen molar-refractivity contribution in [3.05, 3.63) is 119 Å². The Kier molecular flexibility index (Phi) is 15.8. The molecule has 0 spiro atoms. The SMILES string of the molecule is CCNC(=O)c1nnc(-c2cc(C(C)C)c(O)cc2O)n1-c1ccc(CN2CCN(C(=O)Cc3ccccc3N3CCN(CCCOc4ccc5c6n(c(=NC(=O)c7cnc(N)nc7)nc5c4OC)CCN6)CC3)CC2)cc1. The number of amides is 3. The number of benzene rings is 4. The largest absolute Gasteiger partial charge is 0.508 e. The molecule has 6 N–H and O–H groups in total. The standard InChI is InChI=1S/C56H65N15O7/c1-5-58-54(76)52-65-64-51(42-30-41(35(2)3)44(72)31-45(42)73)71(52)39-13-11-36(12-14-39)34-67-22-26-69(27-23-67)47(74)29-37-9-6-7-10-43(37)68-24-20-66(21-25-68)18-8-28-78-46-16-15-40-48(49(46)77-4)62-56(70-19-17-59-50(40)70)63-53(75)38-32-60-55(57)61-33-38/h6-7,9-16,30-33,35,59,72-73H,5,8,17-29,34H2,1-4H3,(H,58,76)(H2,57,60,61). The number of rotatable bonds is 17. The highest BCUT2D eigenvalue weighted by atomic mass is 16.5. The predicted molar refractivity (Wildman–Crippen MR) is 294 cm³/mol. The van der Waals surface area contributed by atoms with E-state index in [0.29, 0.717) is 86.1 Å². The number of nitrogens with two attached hydrogens (primary N) is 1. The predicted octanol–water partition coefficient (Wildman–Crippen LogP) is 4.59. The van der Waals surface area contributed by atoms with Crippen molar-refractivity contribution in [2.45, 2.75) is 52.6 Å². The smallest absolute Gasteiger partial charge is 0.289 e. The molecule has 10 rings (SSSR count). The summed E-state index contributed by atoms with van der Waals surface area (Å²) in [6, 6.07) is 22.9. The molecule has 0 atom stereocenters. The number of phenolic OH excluding ortho intramolecular Hbond substituents is 2. The number of aromatic nitrogens is 7. The first kappa shape index (κ1) is 52.8. The van der Waals surface area contributed by atoms with E-state index >= 15 is 0 Å². The quantitative estimate of drug-likeness (QED) is 0.0781. The molecule has 0 bridgehead atoms. The second-order valence-corrected chi connectivity index (χ2v) is 19.9. The fourth-order valence-corrected chi connectivity index (χ4v) is 10.4. The number of carbonyl (C=O) groups is 3. The van der Waals surface area contributed by atoms with E-state index in [9.17, 15) is 24.6 Å². The Morgan fingerprint density at radius 3 is 2.35 bits per heavy atom. The number of anilines is 3. The molecule has 0 radical (unpaired) electrons. The Labute approximate surface area is 451 Å². The van der Waals surface area contributed by atoms with Crippen LogP contribution in [0.1, 0.15) is 70.8 Å². The highest BCUT2D eigenvalue weighted by molar-refractivity contribution is 5.97. The van der Waals surface area contributed by atoms with Gasteiger partial charge in [-0.15, -0.1) is 10.2 Å². The molecule has 0 saturated carbocycles. The summed E-state index contributed by atoms with van der Waals surface area (Å²) in [5.41, 5.74) is 11.4. The van der Waals surface area contributed by atoms with E-state index in [2.05, 4.69) is 62.6 Å². The number of ether oxygens (including phenoxy) is 2. The Morgan fingerprint density at radius 2 is 1.62 bits per heavy atom. The summed E-state index contributed by atoms with van der Waals surface area (Å²) in [5.74, 6) is 1.19. The summed E-state index contributed by atoms with van der Waals surface area (Å²) in [5, 5.41) is 37.1. The molecule has 3 aromatic heterocycles. The molecular formula is C56H65N15O7. The van der Waals surface area contributed by atoms with E-state index in [1.54, 1.807) is 17.7 Å². The van der Waals surface area contributed by atoms with E-state index in [-0.39, 0.29) is 52.1 Å². The van der Waals surface area contributed by atoms with Crippen LogP contribution in [0.5, 0.6) is 23.0 Å². The average Bonchev–Trinajstić information content (AvgIpc) is 4.21. The molecule has 6 heterocycles. The van der Waals surface area contributed by atoms with Crippen LogP contribution in [0.3, 0.4) is 0 Å². The molecule has 2 fully saturated rings. The molecular weight excluding hydrogens is 995 g/mol. The first-order chi connectivity index (χ1) is 37.9. The number of piperazine rings is 2. The number of fused-ring (bicyclic) bond motifs is 3. The first-order valence-corrected chi connectivity index (χ1v) is 26.5. The topological polar surface area (TPSA) is 260 Å². The van der Waals surface area contributed by atoms with Gasteiger partial charge in [0.05, 0.1) is 31.3 Å². The number of aromatic hydroxyl groups is 2. The first-order valence-electron chi connectivity index (χ1n) is 26.5. The Hall–Kier alpha value is -8.63. The van der Waals surface area contributed by atoms with Crippen molar-refractivity contribution in [1.82, 2.24) is 54.3 Å². The Morgan fingerprint density at radius 1 is 0.872 bits per heavy atom. The van der Waals surface area contributed by atoms with Crippen LogP contribution in [0.15, 0.2) is 90.2 Å². The number of nitrogens with zero attached hydrogens (tertiary/aromatic N) is 12. The fraction of sp³-hybridized carbons (Fsp3) is 0.375. The number of nitrogens with one attached hydrogen (secondary N) is 2. The highest BCUT2D eigenvalue weighted by Crippen LogP contribution is 2.39. The average molecular weight is 1060 g/mol. The number of para-hydroxylation sites is 1. The molecule has 22 heteroatoms. The van der Waals surface area contributed by atoms with Gasteiger partial charge < -0.3 is 45.9 Å². The number of phenols is 2. The zero-order chi connectivity index (χ0) is 54.5. The maximum Gasteiger partial charge on any atom is 0.289 e. The van der Waals surface area contributed by atoms with Crippen molar-refractivity contribution in [3.63, 3.8) is 0 Å². The highest BCUT2D eigenvalue weighted by Gasteiger charge is 2.28. The maximum atomic E-state index is 13.9. The van der Waals surface area contributed by atoms with E-state index in [1.807, 2.05) is 78.8 Å². The normalized spacial score (nSPS) is 15.2. The van der Waals surface area contributed by atoms with Crippen LogP contribution in [0.2, 0.25) is 0 Å². The number of nitrogen functional groups attached to an aromatic ring is 1. The van der Waals surface area contributed by atoms with Gasteiger partial charge in [-0.3, -0.25) is 33.3 Å². The number of hydrogen-bond donors (Lipinski definition) is 5. The summed E-state index contributed by atoms with van der Waals surface area (Å²) in [6.07, 6.45) is 3.81. The van der Waals surface area contributed by atoms with Gasteiger partial charge in [-0.05, 0) is 72.4 Å². The lowest BCUT2D eigenvalue weighted by Crippen LogP contribution is -2.49. The zero-order valence-corrected chi connectivity index (χ0v) is 44.4. The molecule has 406 valence electrons. The van der Waals surface area contributed by atoms with Crippen molar-refractivity contribution < 1.29 is 34.1 Å². The van der Waals surface area contributed by atoms with Crippen LogP contribution >= 0.6 is 0 Å². The second-order valence-electron chi connectivity index (χ2n) is 19.9. The summed E-state index contributed by atoms with van der Waals surface area (Å²) in [4.78, 5) is 66.2. The van der Waals surface area contributed by atoms with Crippen LogP contribution in [-0.2, 0) is 24.3 Å². The van der Waals surface area contributed by atoms with Crippen molar-refractivity contribution in [2.75, 3.05) is 102 Å². The van der Waals surface area contributed by atoms with Gasteiger partial charge >= 0.3 is 0 Å². The van der Waals surface area contributed by atoms with E-state index in [1.165, 1.54) is 18.5 Å².